The maximum absolute atomic E-state index is 12.3. The summed E-state index contributed by atoms with van der Waals surface area (Å²) < 4.78 is 41.5. The standard InChI is InChI=1S/C10H13F3N4O4/c1-6-15-7(21-16-6)2-3-14-9(20)17(4-8(18)19)5-10(11,12)13/h2-5H2,1H3,(H,14,20)(H,18,19). The molecule has 0 aliphatic rings. The summed E-state index contributed by atoms with van der Waals surface area (Å²) in [4.78, 5) is 26.0. The SMILES string of the molecule is Cc1noc(CCNC(=O)N(CC(=O)O)CC(F)(F)F)n1. The van der Waals surface area contributed by atoms with Crippen LogP contribution in [0, 0.1) is 6.92 Å². The van der Waals surface area contributed by atoms with Crippen LogP contribution >= 0.6 is 0 Å². The normalized spacial score (nSPS) is 11.2. The van der Waals surface area contributed by atoms with Crippen LogP contribution in [0.5, 0.6) is 0 Å². The van der Waals surface area contributed by atoms with Gasteiger partial charge in [-0.05, 0) is 6.92 Å². The van der Waals surface area contributed by atoms with Crippen LogP contribution in [0.1, 0.15) is 11.7 Å². The average Bonchev–Trinajstić information content (AvgIpc) is 2.71. The molecule has 0 unspecified atom stereocenters. The number of rotatable bonds is 6. The third-order valence-electron chi connectivity index (χ3n) is 2.17. The van der Waals surface area contributed by atoms with E-state index in [0.717, 1.165) is 0 Å². The Labute approximate surface area is 116 Å². The highest BCUT2D eigenvalue weighted by Crippen LogP contribution is 2.16. The van der Waals surface area contributed by atoms with Crippen molar-refractivity contribution in [1.29, 1.82) is 0 Å². The first-order valence-electron chi connectivity index (χ1n) is 5.78. The van der Waals surface area contributed by atoms with Crippen molar-refractivity contribution >= 4 is 12.0 Å². The molecular formula is C10H13F3N4O4. The van der Waals surface area contributed by atoms with Gasteiger partial charge in [0.05, 0.1) is 0 Å². The van der Waals surface area contributed by atoms with Crippen LogP contribution < -0.4 is 5.32 Å². The number of nitrogens with one attached hydrogen (secondary N) is 1. The Morgan fingerprint density at radius 2 is 2.10 bits per heavy atom. The van der Waals surface area contributed by atoms with Crippen molar-refractivity contribution in [2.75, 3.05) is 19.6 Å². The van der Waals surface area contributed by atoms with E-state index >= 15 is 0 Å². The molecule has 1 aromatic rings. The van der Waals surface area contributed by atoms with E-state index in [2.05, 4.69) is 15.5 Å². The van der Waals surface area contributed by atoms with Gasteiger partial charge in [-0.25, -0.2) is 4.79 Å². The van der Waals surface area contributed by atoms with Crippen LogP contribution in [0.15, 0.2) is 4.52 Å². The molecule has 1 aromatic heterocycles. The van der Waals surface area contributed by atoms with Gasteiger partial charge < -0.3 is 19.8 Å². The lowest BCUT2D eigenvalue weighted by Gasteiger charge is -2.22. The summed E-state index contributed by atoms with van der Waals surface area (Å²) in [5, 5.41) is 14.2. The highest BCUT2D eigenvalue weighted by molar-refractivity contribution is 5.80. The van der Waals surface area contributed by atoms with Gasteiger partial charge in [0.25, 0.3) is 0 Å². The predicted octanol–water partition coefficient (Wildman–Crippen LogP) is 0.579. The number of halogens is 3. The molecule has 2 N–H and O–H groups in total. The molecule has 21 heavy (non-hydrogen) atoms. The molecule has 0 aromatic carbocycles. The average molecular weight is 310 g/mol. The van der Waals surface area contributed by atoms with Gasteiger partial charge in [-0.15, -0.1) is 0 Å². The summed E-state index contributed by atoms with van der Waals surface area (Å²) in [6.45, 7) is -1.17. The third kappa shape index (κ3) is 6.58. The molecule has 0 saturated carbocycles. The lowest BCUT2D eigenvalue weighted by atomic mass is 10.4. The van der Waals surface area contributed by atoms with E-state index in [0.29, 0.717) is 5.82 Å². The summed E-state index contributed by atoms with van der Waals surface area (Å²) >= 11 is 0. The molecule has 0 atom stereocenters. The number of hydrogen-bond donors (Lipinski definition) is 2. The number of urea groups is 1. The van der Waals surface area contributed by atoms with Crippen molar-refractivity contribution in [3.05, 3.63) is 11.7 Å². The largest absolute Gasteiger partial charge is 0.480 e. The van der Waals surface area contributed by atoms with Gasteiger partial charge >= 0.3 is 18.2 Å². The van der Waals surface area contributed by atoms with E-state index in [9.17, 15) is 22.8 Å². The highest BCUT2D eigenvalue weighted by Gasteiger charge is 2.33. The van der Waals surface area contributed by atoms with E-state index in [1.54, 1.807) is 6.92 Å². The molecule has 0 bridgehead atoms. The van der Waals surface area contributed by atoms with Crippen LogP contribution in [0.2, 0.25) is 0 Å². The fourth-order valence-electron chi connectivity index (χ4n) is 1.41. The minimum absolute atomic E-state index is 0.0611. The van der Waals surface area contributed by atoms with Crippen molar-refractivity contribution < 1.29 is 32.4 Å². The van der Waals surface area contributed by atoms with E-state index < -0.39 is 31.3 Å². The van der Waals surface area contributed by atoms with Crippen molar-refractivity contribution in [2.24, 2.45) is 0 Å². The van der Waals surface area contributed by atoms with Gasteiger partial charge in [0.1, 0.15) is 13.1 Å². The molecule has 0 aliphatic carbocycles. The first kappa shape index (κ1) is 16.7. The Morgan fingerprint density at radius 3 is 2.57 bits per heavy atom. The maximum Gasteiger partial charge on any atom is 0.406 e. The van der Waals surface area contributed by atoms with Crippen molar-refractivity contribution in [2.45, 2.75) is 19.5 Å². The fraction of sp³-hybridized carbons (Fsp3) is 0.600. The quantitative estimate of drug-likeness (QED) is 0.795. The topological polar surface area (TPSA) is 109 Å². The highest BCUT2D eigenvalue weighted by atomic mass is 19.4. The fourth-order valence-corrected chi connectivity index (χ4v) is 1.41. The number of carbonyl (C=O) groups is 2. The second kappa shape index (κ2) is 6.90. The monoisotopic (exact) mass is 310 g/mol. The minimum atomic E-state index is -4.68. The zero-order valence-electron chi connectivity index (χ0n) is 11.0. The Morgan fingerprint density at radius 1 is 1.43 bits per heavy atom. The number of carboxylic acids is 1. The predicted molar refractivity (Wildman–Crippen MR) is 61.4 cm³/mol. The minimum Gasteiger partial charge on any atom is -0.480 e. The van der Waals surface area contributed by atoms with E-state index in [1.165, 1.54) is 0 Å². The Kier molecular flexibility index (Phi) is 5.50. The Balaban J connectivity index is 2.49. The van der Waals surface area contributed by atoms with Crippen LogP contribution in [-0.2, 0) is 11.2 Å². The molecule has 0 radical (unpaired) electrons. The summed E-state index contributed by atoms with van der Waals surface area (Å²) in [6, 6.07) is -1.13. The molecule has 0 fully saturated rings. The number of aromatic nitrogens is 2. The van der Waals surface area contributed by atoms with Crippen molar-refractivity contribution in [3.8, 4) is 0 Å². The van der Waals surface area contributed by atoms with Gasteiger partial charge in [0, 0.05) is 13.0 Å². The molecule has 0 aliphatic heterocycles. The number of hydrogen-bond acceptors (Lipinski definition) is 5. The number of nitrogens with zero attached hydrogens (tertiary/aromatic N) is 3. The van der Waals surface area contributed by atoms with Crippen LogP contribution in [-0.4, -0.2) is 58.0 Å². The first-order chi connectivity index (χ1) is 9.67. The molecule has 0 spiro atoms. The number of carboxylic acid groups (broad SMARTS) is 1. The lowest BCUT2D eigenvalue weighted by Crippen LogP contribution is -2.47. The number of carbonyl (C=O) groups excluding carboxylic acids is 1. The number of amides is 2. The number of alkyl halides is 3. The molecular weight excluding hydrogens is 297 g/mol. The van der Waals surface area contributed by atoms with Crippen molar-refractivity contribution in [3.63, 3.8) is 0 Å². The van der Waals surface area contributed by atoms with E-state index in [4.69, 9.17) is 9.63 Å². The Hall–Kier alpha value is -2.33. The van der Waals surface area contributed by atoms with Gasteiger partial charge in [0.15, 0.2) is 5.82 Å². The Bertz CT molecular complexity index is 503. The molecule has 11 heteroatoms. The summed E-state index contributed by atoms with van der Waals surface area (Å²) in [6.07, 6.45) is -4.56. The maximum atomic E-state index is 12.3. The first-order valence-corrected chi connectivity index (χ1v) is 5.78. The summed E-state index contributed by atoms with van der Waals surface area (Å²) in [5.74, 6) is -0.934. The summed E-state index contributed by atoms with van der Waals surface area (Å²) in [7, 11) is 0. The van der Waals surface area contributed by atoms with E-state index in [1.807, 2.05) is 0 Å². The number of aliphatic carboxylic acids is 1. The van der Waals surface area contributed by atoms with Crippen LogP contribution in [0.25, 0.3) is 0 Å². The van der Waals surface area contributed by atoms with Crippen LogP contribution in [0.4, 0.5) is 18.0 Å². The zero-order valence-corrected chi connectivity index (χ0v) is 11.0. The van der Waals surface area contributed by atoms with E-state index in [-0.39, 0.29) is 23.8 Å². The van der Waals surface area contributed by atoms with Gasteiger partial charge in [-0.2, -0.15) is 18.2 Å². The summed E-state index contributed by atoms with van der Waals surface area (Å²) in [5.41, 5.74) is 0. The molecule has 1 rings (SSSR count). The van der Waals surface area contributed by atoms with Gasteiger partial charge in [-0.1, -0.05) is 5.16 Å². The van der Waals surface area contributed by atoms with Gasteiger partial charge in [-0.3, -0.25) is 4.79 Å². The molecule has 1 heterocycles. The third-order valence-corrected chi connectivity index (χ3v) is 2.17. The zero-order chi connectivity index (χ0) is 16.0. The smallest absolute Gasteiger partial charge is 0.406 e. The van der Waals surface area contributed by atoms with Crippen LogP contribution in [0.3, 0.4) is 0 Å². The van der Waals surface area contributed by atoms with Gasteiger partial charge in [0.2, 0.25) is 5.89 Å². The second-order valence-electron chi connectivity index (χ2n) is 4.08. The van der Waals surface area contributed by atoms with Crippen molar-refractivity contribution in [1.82, 2.24) is 20.4 Å². The number of aryl methyl sites for hydroxylation is 1. The second-order valence-corrected chi connectivity index (χ2v) is 4.08. The molecule has 118 valence electrons. The lowest BCUT2D eigenvalue weighted by molar-refractivity contribution is -0.148. The molecule has 2 amide bonds. The molecule has 8 nitrogen and oxygen atoms in total. The molecule has 0 saturated heterocycles.